The second-order valence-electron chi connectivity index (χ2n) is 8.98. The second kappa shape index (κ2) is 11.5. The van der Waals surface area contributed by atoms with Crippen LogP contribution < -0.4 is 10.1 Å². The first-order valence-corrected chi connectivity index (χ1v) is 13.1. The summed E-state index contributed by atoms with van der Waals surface area (Å²) in [6.07, 6.45) is 0. The first-order valence-electron chi connectivity index (χ1n) is 11.7. The van der Waals surface area contributed by atoms with Crippen molar-refractivity contribution in [3.8, 4) is 5.75 Å². The molecule has 3 rings (SSSR count). The van der Waals surface area contributed by atoms with Gasteiger partial charge in [0.1, 0.15) is 11.8 Å². The van der Waals surface area contributed by atoms with Crippen LogP contribution in [0.5, 0.6) is 5.75 Å². The average molecular weight is 512 g/mol. The summed E-state index contributed by atoms with van der Waals surface area (Å²) in [6.45, 7) is 5.00. The van der Waals surface area contributed by atoms with Crippen LogP contribution in [0.1, 0.15) is 26.3 Å². The van der Waals surface area contributed by atoms with Gasteiger partial charge in [0.2, 0.25) is 21.8 Å². The van der Waals surface area contributed by atoms with Crippen molar-refractivity contribution >= 4 is 32.6 Å². The number of sulfonamides is 1. The largest absolute Gasteiger partial charge is 0.497 e. The maximum atomic E-state index is 13.4. The van der Waals surface area contributed by atoms with Crippen LogP contribution in [0, 0.1) is 0 Å². The average Bonchev–Trinajstić information content (AvgIpc) is 2.86. The van der Waals surface area contributed by atoms with E-state index in [1.807, 2.05) is 44.2 Å². The molecule has 0 heterocycles. The molecule has 0 saturated heterocycles. The first-order chi connectivity index (χ1) is 17.0. The van der Waals surface area contributed by atoms with Gasteiger partial charge >= 0.3 is 0 Å². The lowest BCUT2D eigenvalue weighted by atomic mass is 10.1. The summed E-state index contributed by atoms with van der Waals surface area (Å²) >= 11 is 0. The molecule has 1 atom stereocenters. The number of hydrogen-bond acceptors (Lipinski definition) is 5. The van der Waals surface area contributed by atoms with E-state index < -0.39 is 28.5 Å². The lowest BCUT2D eigenvalue weighted by molar-refractivity contribution is -0.140. The Morgan fingerprint density at radius 1 is 0.944 bits per heavy atom. The number of methoxy groups -OCH3 is 1. The van der Waals surface area contributed by atoms with Crippen molar-refractivity contribution in [2.24, 2.45) is 0 Å². The van der Waals surface area contributed by atoms with Gasteiger partial charge in [-0.25, -0.2) is 8.42 Å². The number of rotatable bonds is 10. The third-order valence-electron chi connectivity index (χ3n) is 5.87. The summed E-state index contributed by atoms with van der Waals surface area (Å²) in [4.78, 5) is 27.7. The monoisotopic (exact) mass is 511 g/mol. The number of benzene rings is 3. The number of nitrogens with one attached hydrogen (secondary N) is 1. The summed E-state index contributed by atoms with van der Waals surface area (Å²) in [7, 11) is -1.03. The minimum absolute atomic E-state index is 0.0986. The highest BCUT2D eigenvalue weighted by molar-refractivity contribution is 7.89. The normalized spacial score (nSPS) is 12.5. The Kier molecular flexibility index (Phi) is 8.70. The molecule has 0 fully saturated rings. The van der Waals surface area contributed by atoms with Crippen molar-refractivity contribution in [2.45, 2.75) is 44.3 Å². The van der Waals surface area contributed by atoms with E-state index >= 15 is 0 Å². The van der Waals surface area contributed by atoms with Gasteiger partial charge in [0, 0.05) is 19.6 Å². The molecule has 192 valence electrons. The quantitative estimate of drug-likeness (QED) is 0.450. The van der Waals surface area contributed by atoms with Gasteiger partial charge in [-0.05, 0) is 61.4 Å². The molecule has 3 aromatic rings. The molecule has 0 aromatic heterocycles. The Bertz CT molecular complexity index is 1340. The fourth-order valence-electron chi connectivity index (χ4n) is 3.83. The van der Waals surface area contributed by atoms with Gasteiger partial charge in [-0.3, -0.25) is 9.59 Å². The number of nitrogens with zero attached hydrogens (tertiary/aromatic N) is 2. The number of amides is 2. The van der Waals surface area contributed by atoms with Crippen molar-refractivity contribution in [3.05, 3.63) is 72.3 Å². The van der Waals surface area contributed by atoms with Crippen LogP contribution in [-0.4, -0.2) is 62.2 Å². The molecule has 0 unspecified atom stereocenters. The highest BCUT2D eigenvalue weighted by atomic mass is 32.2. The Morgan fingerprint density at radius 2 is 1.64 bits per heavy atom. The summed E-state index contributed by atoms with van der Waals surface area (Å²) in [6, 6.07) is 18.6. The van der Waals surface area contributed by atoms with Crippen LogP contribution in [0.4, 0.5) is 0 Å². The molecule has 1 N–H and O–H groups in total. The minimum Gasteiger partial charge on any atom is -0.497 e. The fraction of sp³-hybridized carbons (Fsp3) is 0.333. The minimum atomic E-state index is -3.94. The zero-order valence-electron chi connectivity index (χ0n) is 21.3. The van der Waals surface area contributed by atoms with Gasteiger partial charge in [0.15, 0.2) is 0 Å². The van der Waals surface area contributed by atoms with Crippen molar-refractivity contribution in [2.75, 3.05) is 20.7 Å². The molecule has 0 bridgehead atoms. The molecule has 0 aliphatic heterocycles. The number of ether oxygens (including phenoxy) is 1. The molecule has 36 heavy (non-hydrogen) atoms. The van der Waals surface area contributed by atoms with Crippen molar-refractivity contribution in [1.82, 2.24) is 14.5 Å². The van der Waals surface area contributed by atoms with Crippen LogP contribution in [0.15, 0.2) is 71.6 Å². The molecular formula is C27H33N3O5S. The van der Waals surface area contributed by atoms with Crippen LogP contribution in [0.25, 0.3) is 10.8 Å². The van der Waals surface area contributed by atoms with Gasteiger partial charge in [0.05, 0.1) is 18.6 Å². The first kappa shape index (κ1) is 27.2. The third-order valence-corrected chi connectivity index (χ3v) is 7.67. The zero-order valence-corrected chi connectivity index (χ0v) is 22.1. The number of carbonyl (C=O) groups excluding carboxylic acids is 2. The molecule has 9 heteroatoms. The van der Waals surface area contributed by atoms with Crippen LogP contribution in [0.2, 0.25) is 0 Å². The predicted octanol–water partition coefficient (Wildman–Crippen LogP) is 3.41. The van der Waals surface area contributed by atoms with E-state index in [1.165, 1.54) is 18.0 Å². The Morgan fingerprint density at radius 3 is 2.31 bits per heavy atom. The van der Waals surface area contributed by atoms with Crippen molar-refractivity contribution in [3.63, 3.8) is 0 Å². The molecule has 2 amide bonds. The summed E-state index contributed by atoms with van der Waals surface area (Å²) < 4.78 is 32.9. The fourth-order valence-corrected chi connectivity index (χ4v) is 4.99. The SMILES string of the molecule is COc1cccc(CN(C(=O)CN(C)S(=O)(=O)c2ccc3ccccc3c2)[C@@H](C)C(=O)NC(C)C)c1. The van der Waals surface area contributed by atoms with Gasteiger partial charge in [0.25, 0.3) is 0 Å². The zero-order chi connectivity index (χ0) is 26.5. The van der Waals surface area contributed by atoms with E-state index in [4.69, 9.17) is 4.74 Å². The van der Waals surface area contributed by atoms with E-state index in [0.717, 1.165) is 20.6 Å². The van der Waals surface area contributed by atoms with Gasteiger partial charge in [-0.15, -0.1) is 0 Å². The van der Waals surface area contributed by atoms with Crippen LogP contribution in [0.3, 0.4) is 0 Å². The van der Waals surface area contributed by atoms with Gasteiger partial charge in [-0.2, -0.15) is 4.31 Å². The Balaban J connectivity index is 1.86. The van der Waals surface area contributed by atoms with Crippen LogP contribution in [-0.2, 0) is 26.2 Å². The summed E-state index contributed by atoms with van der Waals surface area (Å²) in [5.74, 6) is -0.187. The molecule has 0 spiro atoms. The van der Waals surface area contributed by atoms with E-state index in [-0.39, 0.29) is 23.4 Å². The third kappa shape index (κ3) is 6.41. The summed E-state index contributed by atoms with van der Waals surface area (Å²) in [5.41, 5.74) is 0.756. The Hall–Kier alpha value is -3.43. The molecule has 3 aromatic carbocycles. The molecule has 0 aliphatic rings. The molecular weight excluding hydrogens is 478 g/mol. The number of fused-ring (bicyclic) bond motifs is 1. The highest BCUT2D eigenvalue weighted by Gasteiger charge is 2.30. The van der Waals surface area contributed by atoms with Gasteiger partial charge in [-0.1, -0.05) is 42.5 Å². The second-order valence-corrected chi connectivity index (χ2v) is 11.0. The lowest BCUT2D eigenvalue weighted by Crippen LogP contribution is -2.51. The number of likely N-dealkylation sites (N-methyl/N-ethyl adjacent to an activating group) is 1. The van der Waals surface area contributed by atoms with Gasteiger partial charge < -0.3 is 15.0 Å². The number of carbonyl (C=O) groups is 2. The maximum Gasteiger partial charge on any atom is 0.243 e. The smallest absolute Gasteiger partial charge is 0.243 e. The van der Waals surface area contributed by atoms with E-state index in [1.54, 1.807) is 44.4 Å². The van der Waals surface area contributed by atoms with E-state index in [0.29, 0.717) is 5.75 Å². The Labute approximate surface area is 212 Å². The van der Waals surface area contributed by atoms with E-state index in [2.05, 4.69) is 5.32 Å². The number of hydrogen-bond donors (Lipinski definition) is 1. The molecule has 0 radical (unpaired) electrons. The molecule has 0 saturated carbocycles. The maximum absolute atomic E-state index is 13.4. The lowest BCUT2D eigenvalue weighted by Gasteiger charge is -2.31. The predicted molar refractivity (Wildman–Crippen MR) is 140 cm³/mol. The van der Waals surface area contributed by atoms with Crippen LogP contribution >= 0.6 is 0 Å². The standard InChI is InChI=1S/C27H33N3O5S/c1-19(2)28-27(32)20(3)30(17-21-9-8-12-24(15-21)35-5)26(31)18-29(4)36(33,34)25-14-13-22-10-6-7-11-23(22)16-25/h6-16,19-20H,17-18H2,1-5H3,(H,28,32)/t20-/m0/s1. The van der Waals surface area contributed by atoms with E-state index in [9.17, 15) is 18.0 Å². The summed E-state index contributed by atoms with van der Waals surface area (Å²) in [5, 5.41) is 4.53. The molecule has 8 nitrogen and oxygen atoms in total. The molecule has 0 aliphatic carbocycles. The van der Waals surface area contributed by atoms with Crippen molar-refractivity contribution in [1.29, 1.82) is 0 Å². The topological polar surface area (TPSA) is 96.0 Å². The van der Waals surface area contributed by atoms with Crippen molar-refractivity contribution < 1.29 is 22.7 Å². The highest BCUT2D eigenvalue weighted by Crippen LogP contribution is 2.22.